The Kier molecular flexibility index (Phi) is 13.0. The molecule has 0 saturated carbocycles. The molecular formula is C28H43ClN4O6. The van der Waals surface area contributed by atoms with Gasteiger partial charge < -0.3 is 30.7 Å². The molecule has 39 heavy (non-hydrogen) atoms. The van der Waals surface area contributed by atoms with Crippen LogP contribution in [0.4, 0.5) is 4.79 Å². The molecule has 4 N–H and O–H groups in total. The second-order valence-corrected chi connectivity index (χ2v) is 11.1. The lowest BCUT2D eigenvalue weighted by Crippen LogP contribution is -2.59. The van der Waals surface area contributed by atoms with Gasteiger partial charge >= 0.3 is 6.09 Å². The normalized spacial score (nSPS) is 18.3. The maximum Gasteiger partial charge on any atom is 0.408 e. The predicted octanol–water partition coefficient (Wildman–Crippen LogP) is 3.02. The fourth-order valence-electron chi connectivity index (χ4n) is 4.41. The Labute approximate surface area is 236 Å². The highest BCUT2D eigenvalue weighted by Crippen LogP contribution is 2.18. The van der Waals surface area contributed by atoms with Crippen molar-refractivity contribution in [2.75, 3.05) is 12.4 Å². The van der Waals surface area contributed by atoms with Crippen LogP contribution >= 0.6 is 11.6 Å². The molecule has 0 radical (unpaired) electrons. The van der Waals surface area contributed by atoms with E-state index in [0.29, 0.717) is 32.2 Å². The number of alkyl halides is 1. The van der Waals surface area contributed by atoms with E-state index in [1.807, 2.05) is 58.0 Å². The van der Waals surface area contributed by atoms with Gasteiger partial charge in [-0.1, -0.05) is 43.7 Å². The second-order valence-electron chi connectivity index (χ2n) is 10.8. The molecule has 0 bridgehead atoms. The maximum atomic E-state index is 13.4. The molecule has 0 aromatic heterocycles. The first-order chi connectivity index (χ1) is 18.4. The summed E-state index contributed by atoms with van der Waals surface area (Å²) in [5, 5.41) is 11.0. The molecule has 0 aliphatic carbocycles. The first-order valence-electron chi connectivity index (χ1n) is 13.5. The molecule has 2 rings (SSSR count). The van der Waals surface area contributed by atoms with Gasteiger partial charge in [0, 0.05) is 24.4 Å². The highest BCUT2D eigenvalue weighted by molar-refractivity contribution is 6.18. The third-order valence-corrected chi connectivity index (χ3v) is 6.62. The summed E-state index contributed by atoms with van der Waals surface area (Å²) >= 11 is 6.10. The lowest BCUT2D eigenvalue weighted by atomic mass is 9.99. The Morgan fingerprint density at radius 3 is 2.36 bits per heavy atom. The predicted molar refractivity (Wildman–Crippen MR) is 149 cm³/mol. The van der Waals surface area contributed by atoms with Crippen molar-refractivity contribution in [3.8, 4) is 0 Å². The number of halogens is 1. The van der Waals surface area contributed by atoms with Crippen LogP contribution in [0.3, 0.4) is 0 Å². The molecule has 10 nitrogen and oxygen atoms in total. The third-order valence-electron chi connectivity index (χ3n) is 6.25. The van der Waals surface area contributed by atoms with E-state index in [9.17, 15) is 19.2 Å². The van der Waals surface area contributed by atoms with Gasteiger partial charge in [0.05, 0.1) is 11.7 Å². The molecule has 1 aromatic carbocycles. The number of alkyl carbamates (subject to hydrolysis) is 1. The van der Waals surface area contributed by atoms with E-state index in [-0.39, 0.29) is 24.3 Å². The number of ether oxygens (including phenoxy) is 2. The minimum atomic E-state index is -1.12. The molecule has 1 fully saturated rings. The zero-order chi connectivity index (χ0) is 29.0. The zero-order valence-electron chi connectivity index (χ0n) is 23.6. The van der Waals surface area contributed by atoms with Gasteiger partial charge in [-0.15, -0.1) is 11.6 Å². The van der Waals surface area contributed by atoms with Gasteiger partial charge in [-0.2, -0.15) is 0 Å². The Balaban J connectivity index is 2.08. The number of amides is 4. The van der Waals surface area contributed by atoms with Crippen LogP contribution in [0.5, 0.6) is 0 Å². The second kappa shape index (κ2) is 15.7. The van der Waals surface area contributed by atoms with E-state index < -0.39 is 47.7 Å². The summed E-state index contributed by atoms with van der Waals surface area (Å²) in [6, 6.07) is 6.77. The molecule has 5 atom stereocenters. The van der Waals surface area contributed by atoms with Crippen LogP contribution in [0.15, 0.2) is 30.3 Å². The van der Waals surface area contributed by atoms with Crippen molar-refractivity contribution in [3.63, 3.8) is 0 Å². The van der Waals surface area contributed by atoms with E-state index in [1.165, 1.54) is 0 Å². The number of nitrogens with one attached hydrogen (secondary N) is 4. The van der Waals surface area contributed by atoms with Crippen molar-refractivity contribution in [2.45, 2.75) is 96.7 Å². The number of carbonyl (C=O) groups excluding carboxylic acids is 4. The van der Waals surface area contributed by atoms with Crippen molar-refractivity contribution < 1.29 is 28.7 Å². The van der Waals surface area contributed by atoms with Gasteiger partial charge in [0.1, 0.15) is 18.7 Å². The molecule has 218 valence electrons. The number of carbonyl (C=O) groups is 4. The minimum Gasteiger partial charge on any atom is -0.445 e. The van der Waals surface area contributed by atoms with Gasteiger partial charge in [-0.05, 0) is 52.5 Å². The van der Waals surface area contributed by atoms with Crippen LogP contribution in [0, 0.1) is 5.92 Å². The van der Waals surface area contributed by atoms with Gasteiger partial charge in [-0.3, -0.25) is 14.4 Å². The summed E-state index contributed by atoms with van der Waals surface area (Å²) in [5.41, 5.74) is 0.213. The molecule has 11 heteroatoms. The van der Waals surface area contributed by atoms with E-state index in [1.54, 1.807) is 6.92 Å². The molecule has 1 aromatic rings. The Morgan fingerprint density at radius 1 is 1.10 bits per heavy atom. The molecule has 1 aliphatic rings. The third kappa shape index (κ3) is 11.4. The molecule has 1 unspecified atom stereocenters. The van der Waals surface area contributed by atoms with Crippen molar-refractivity contribution >= 4 is 35.4 Å². The summed E-state index contributed by atoms with van der Waals surface area (Å²) < 4.78 is 11.3. The molecule has 0 spiro atoms. The van der Waals surface area contributed by atoms with Crippen molar-refractivity contribution in [3.05, 3.63) is 35.9 Å². The van der Waals surface area contributed by atoms with E-state index >= 15 is 0 Å². The van der Waals surface area contributed by atoms with Gasteiger partial charge in [-0.25, -0.2) is 4.79 Å². The highest BCUT2D eigenvalue weighted by Gasteiger charge is 2.34. The molecule has 4 amide bonds. The lowest BCUT2D eigenvalue weighted by molar-refractivity contribution is -0.135. The maximum absolute atomic E-state index is 13.4. The zero-order valence-corrected chi connectivity index (χ0v) is 24.3. The Bertz CT molecular complexity index is 955. The van der Waals surface area contributed by atoms with E-state index in [2.05, 4.69) is 21.3 Å². The molecule has 1 aliphatic heterocycles. The Morgan fingerprint density at radius 2 is 1.79 bits per heavy atom. The largest absolute Gasteiger partial charge is 0.445 e. The molecule has 1 saturated heterocycles. The van der Waals surface area contributed by atoms with Gasteiger partial charge in [0.15, 0.2) is 0 Å². The monoisotopic (exact) mass is 566 g/mol. The smallest absolute Gasteiger partial charge is 0.408 e. The fourth-order valence-corrected chi connectivity index (χ4v) is 4.61. The topological polar surface area (TPSA) is 135 Å². The summed E-state index contributed by atoms with van der Waals surface area (Å²) in [6.45, 7) is 9.75. The summed E-state index contributed by atoms with van der Waals surface area (Å²) in [7, 11) is 0. The average Bonchev–Trinajstić information content (AvgIpc) is 3.28. The van der Waals surface area contributed by atoms with Crippen LogP contribution in [-0.4, -0.2) is 66.1 Å². The fraction of sp³-hybridized carbons (Fsp3) is 0.643. The number of benzene rings is 1. The summed E-state index contributed by atoms with van der Waals surface area (Å²) in [6.07, 6.45) is 0.599. The van der Waals surface area contributed by atoms with E-state index in [0.717, 1.165) is 5.56 Å². The molecule has 1 heterocycles. The molecular weight excluding hydrogens is 524 g/mol. The minimum absolute atomic E-state index is 0.0369. The van der Waals surface area contributed by atoms with Crippen molar-refractivity contribution in [1.82, 2.24) is 21.3 Å². The highest BCUT2D eigenvalue weighted by atomic mass is 35.5. The van der Waals surface area contributed by atoms with Crippen LogP contribution in [0.2, 0.25) is 0 Å². The van der Waals surface area contributed by atoms with Crippen LogP contribution in [0.1, 0.15) is 65.9 Å². The number of hydrogen-bond donors (Lipinski definition) is 4. The standard InChI is InChI=1S/C28H43ClN4O6/c1-6-10-22(25(35)31-21(16-29)15-20-13-14-30-24(20)34)32-26(36)23(18(2)39-28(3,4)5)33-27(37)38-17-19-11-8-7-9-12-19/h7-9,11-12,18,20-23H,6,10,13-17H2,1-5H3,(H,30,34)(H,31,35)(H,32,36)(H,33,37)/t18?,20-,21-,22-,23-/m0/s1. The van der Waals surface area contributed by atoms with Gasteiger partial charge in [0.2, 0.25) is 17.7 Å². The van der Waals surface area contributed by atoms with Crippen LogP contribution in [-0.2, 0) is 30.5 Å². The van der Waals surface area contributed by atoms with Crippen molar-refractivity contribution in [2.24, 2.45) is 5.92 Å². The summed E-state index contributed by atoms with van der Waals surface area (Å²) in [4.78, 5) is 51.2. The van der Waals surface area contributed by atoms with E-state index in [4.69, 9.17) is 21.1 Å². The van der Waals surface area contributed by atoms with Crippen LogP contribution in [0.25, 0.3) is 0 Å². The average molecular weight is 567 g/mol. The van der Waals surface area contributed by atoms with Crippen LogP contribution < -0.4 is 21.3 Å². The summed E-state index contributed by atoms with van der Waals surface area (Å²) in [5.74, 6) is -1.09. The first-order valence-corrected chi connectivity index (χ1v) is 14.1. The number of rotatable bonds is 14. The SMILES string of the molecule is CCC[C@H](NC(=O)[C@@H](NC(=O)OCc1ccccc1)C(C)OC(C)(C)C)C(=O)N[C@H](CCl)C[C@@H]1CCNC1=O. The van der Waals surface area contributed by atoms with Gasteiger partial charge in [0.25, 0.3) is 0 Å². The quantitative estimate of drug-likeness (QED) is 0.256. The Hall–Kier alpha value is -2.85. The van der Waals surface area contributed by atoms with Crippen molar-refractivity contribution in [1.29, 1.82) is 0 Å². The first kappa shape index (κ1) is 32.4. The lowest BCUT2D eigenvalue weighted by Gasteiger charge is -2.31. The number of hydrogen-bond acceptors (Lipinski definition) is 6.